The van der Waals surface area contributed by atoms with E-state index in [-0.39, 0.29) is 5.75 Å². The van der Waals surface area contributed by atoms with E-state index in [4.69, 9.17) is 4.74 Å². The van der Waals surface area contributed by atoms with E-state index in [1.807, 2.05) is 13.0 Å². The van der Waals surface area contributed by atoms with Gasteiger partial charge in [0.2, 0.25) is 0 Å². The van der Waals surface area contributed by atoms with Crippen LogP contribution in [0.25, 0.3) is 0 Å². The highest BCUT2D eigenvalue weighted by atomic mass is 19.4. The number of ether oxygens (including phenoxy) is 1. The maximum absolute atomic E-state index is 12.5. The van der Waals surface area contributed by atoms with Crippen LogP contribution in [0.15, 0.2) is 23.2 Å². The molecule has 0 spiro atoms. The number of nitrogens with one attached hydrogen (secondary N) is 2. The highest BCUT2D eigenvalue weighted by molar-refractivity contribution is 5.79. The van der Waals surface area contributed by atoms with Crippen molar-refractivity contribution >= 4 is 5.96 Å². The van der Waals surface area contributed by atoms with Crippen LogP contribution in [0.1, 0.15) is 36.8 Å². The fourth-order valence-corrected chi connectivity index (χ4v) is 3.17. The number of aryl methyl sites for hydroxylation is 1. The van der Waals surface area contributed by atoms with Crippen molar-refractivity contribution in [2.45, 2.75) is 45.3 Å². The summed E-state index contributed by atoms with van der Waals surface area (Å²) >= 11 is 0. The number of benzene rings is 1. The summed E-state index contributed by atoms with van der Waals surface area (Å²) in [6.07, 6.45) is 0.436. The number of nitrogens with zero attached hydrogens (tertiary/aromatic N) is 2. The van der Waals surface area contributed by atoms with Crippen LogP contribution in [0.5, 0.6) is 5.75 Å². The fourth-order valence-electron chi connectivity index (χ4n) is 3.17. The quantitative estimate of drug-likeness (QED) is 0.379. The molecule has 0 saturated carbocycles. The van der Waals surface area contributed by atoms with E-state index in [9.17, 15) is 13.2 Å². The molecule has 0 amide bonds. The van der Waals surface area contributed by atoms with Crippen molar-refractivity contribution < 1.29 is 17.9 Å². The lowest BCUT2D eigenvalue weighted by atomic mass is 10.1. The van der Waals surface area contributed by atoms with E-state index in [1.54, 1.807) is 19.2 Å². The van der Waals surface area contributed by atoms with Crippen molar-refractivity contribution in [3.8, 4) is 5.75 Å². The normalized spacial score (nSPS) is 15.7. The van der Waals surface area contributed by atoms with Crippen molar-refractivity contribution in [3.63, 3.8) is 0 Å². The monoisotopic (exact) mass is 400 g/mol. The van der Waals surface area contributed by atoms with Crippen LogP contribution in [0.2, 0.25) is 0 Å². The molecule has 1 fully saturated rings. The van der Waals surface area contributed by atoms with Crippen molar-refractivity contribution in [3.05, 3.63) is 29.3 Å². The van der Waals surface area contributed by atoms with Gasteiger partial charge in [0, 0.05) is 25.7 Å². The van der Waals surface area contributed by atoms with Gasteiger partial charge in [0.25, 0.3) is 0 Å². The molecule has 1 aliphatic heterocycles. The maximum atomic E-state index is 12.5. The van der Waals surface area contributed by atoms with Crippen LogP contribution in [-0.4, -0.2) is 56.9 Å². The lowest BCUT2D eigenvalue weighted by Gasteiger charge is -2.17. The first-order chi connectivity index (χ1) is 13.4. The van der Waals surface area contributed by atoms with Gasteiger partial charge in [-0.1, -0.05) is 12.1 Å². The average Bonchev–Trinajstić information content (AvgIpc) is 3.16. The summed E-state index contributed by atoms with van der Waals surface area (Å²) in [6, 6.07) is 5.25. The van der Waals surface area contributed by atoms with E-state index < -0.39 is 12.8 Å². The summed E-state index contributed by atoms with van der Waals surface area (Å²) in [5.74, 6) is 0.870. The zero-order valence-electron chi connectivity index (χ0n) is 16.7. The lowest BCUT2D eigenvalue weighted by Crippen LogP contribution is -2.37. The largest absolute Gasteiger partial charge is 0.484 e. The van der Waals surface area contributed by atoms with Crippen LogP contribution in [0, 0.1) is 6.92 Å². The molecule has 0 unspecified atom stereocenters. The molecule has 0 bridgehead atoms. The number of alkyl halides is 3. The minimum absolute atomic E-state index is 0.242. The van der Waals surface area contributed by atoms with Crippen molar-refractivity contribution in [1.29, 1.82) is 0 Å². The molecule has 1 aliphatic rings. The van der Waals surface area contributed by atoms with Gasteiger partial charge >= 0.3 is 6.18 Å². The summed E-state index contributed by atoms with van der Waals surface area (Å²) in [5, 5.41) is 6.39. The topological polar surface area (TPSA) is 48.9 Å². The second-order valence-corrected chi connectivity index (χ2v) is 7.12. The van der Waals surface area contributed by atoms with Gasteiger partial charge in [0.05, 0.1) is 0 Å². The van der Waals surface area contributed by atoms with Crippen LogP contribution >= 0.6 is 0 Å². The van der Waals surface area contributed by atoms with E-state index in [0.29, 0.717) is 18.1 Å². The minimum Gasteiger partial charge on any atom is -0.484 e. The SMILES string of the molecule is CN=C(NCCCCN1CCCC1)NCc1ccc(C)cc1OCC(F)(F)F. The molecule has 158 valence electrons. The number of guanidine groups is 1. The number of rotatable bonds is 9. The van der Waals surface area contributed by atoms with Gasteiger partial charge in [0.15, 0.2) is 12.6 Å². The molecule has 0 aromatic heterocycles. The zero-order valence-corrected chi connectivity index (χ0v) is 16.7. The molecule has 1 heterocycles. The van der Waals surface area contributed by atoms with Gasteiger partial charge in [-0.3, -0.25) is 4.99 Å². The maximum Gasteiger partial charge on any atom is 0.422 e. The molecule has 1 saturated heterocycles. The Morgan fingerprint density at radius 3 is 2.61 bits per heavy atom. The molecule has 2 N–H and O–H groups in total. The molecule has 1 aromatic rings. The average molecular weight is 400 g/mol. The predicted molar refractivity (Wildman–Crippen MR) is 106 cm³/mol. The Bertz CT molecular complexity index is 628. The number of halogens is 3. The smallest absolute Gasteiger partial charge is 0.422 e. The second-order valence-electron chi connectivity index (χ2n) is 7.12. The number of unbranched alkanes of at least 4 members (excludes halogenated alkanes) is 1. The third-order valence-corrected chi connectivity index (χ3v) is 4.68. The minimum atomic E-state index is -4.36. The first-order valence-corrected chi connectivity index (χ1v) is 9.83. The molecule has 0 aliphatic carbocycles. The van der Waals surface area contributed by atoms with Gasteiger partial charge in [-0.05, 0) is 63.9 Å². The van der Waals surface area contributed by atoms with Gasteiger partial charge in [0.1, 0.15) is 5.75 Å². The fraction of sp³-hybridized carbons (Fsp3) is 0.650. The number of hydrogen-bond donors (Lipinski definition) is 2. The van der Waals surface area contributed by atoms with E-state index in [1.165, 1.54) is 25.9 Å². The Morgan fingerprint density at radius 2 is 1.93 bits per heavy atom. The van der Waals surface area contributed by atoms with Crippen LogP contribution in [0.4, 0.5) is 13.2 Å². The van der Waals surface area contributed by atoms with Crippen molar-refractivity contribution in [1.82, 2.24) is 15.5 Å². The van der Waals surface area contributed by atoms with Crippen LogP contribution in [0.3, 0.4) is 0 Å². The predicted octanol–water partition coefficient (Wildman–Crippen LogP) is 3.48. The van der Waals surface area contributed by atoms with Gasteiger partial charge in [-0.25, -0.2) is 0 Å². The Kier molecular flexibility index (Phi) is 8.89. The zero-order chi connectivity index (χ0) is 20.4. The third kappa shape index (κ3) is 8.37. The Labute approximate surface area is 165 Å². The highest BCUT2D eigenvalue weighted by Gasteiger charge is 2.28. The molecule has 28 heavy (non-hydrogen) atoms. The van der Waals surface area contributed by atoms with Crippen molar-refractivity contribution in [2.24, 2.45) is 4.99 Å². The summed E-state index contributed by atoms with van der Waals surface area (Å²) in [5.41, 5.74) is 1.51. The molecule has 8 heteroatoms. The van der Waals surface area contributed by atoms with E-state index in [2.05, 4.69) is 20.5 Å². The molecule has 2 rings (SSSR count). The Morgan fingerprint density at radius 1 is 1.18 bits per heavy atom. The van der Waals surface area contributed by atoms with Gasteiger partial charge < -0.3 is 20.3 Å². The summed E-state index contributed by atoms with van der Waals surface area (Å²) < 4.78 is 42.4. The Balaban J connectivity index is 1.75. The van der Waals surface area contributed by atoms with Crippen molar-refractivity contribution in [2.75, 3.05) is 39.8 Å². The standard InChI is InChI=1S/C20H31F3N4O/c1-16-7-8-17(18(13-16)28-15-20(21,22)23)14-26-19(24-2)25-9-3-4-10-27-11-5-6-12-27/h7-8,13H,3-6,9-12,14-15H2,1-2H3,(H2,24,25,26). The molecular formula is C20H31F3N4O. The number of likely N-dealkylation sites (tertiary alicyclic amines) is 1. The highest BCUT2D eigenvalue weighted by Crippen LogP contribution is 2.23. The number of hydrogen-bond acceptors (Lipinski definition) is 3. The van der Waals surface area contributed by atoms with Gasteiger partial charge in [-0.2, -0.15) is 13.2 Å². The van der Waals surface area contributed by atoms with Crippen LogP contribution in [-0.2, 0) is 6.54 Å². The first kappa shape index (κ1) is 22.3. The molecule has 5 nitrogen and oxygen atoms in total. The van der Waals surface area contributed by atoms with Gasteiger partial charge in [-0.15, -0.1) is 0 Å². The van der Waals surface area contributed by atoms with Crippen LogP contribution < -0.4 is 15.4 Å². The van der Waals surface area contributed by atoms with E-state index in [0.717, 1.165) is 31.5 Å². The molecule has 0 atom stereocenters. The second kappa shape index (κ2) is 11.1. The molecular weight excluding hydrogens is 369 g/mol. The first-order valence-electron chi connectivity index (χ1n) is 9.83. The number of aliphatic imine (C=N–C) groups is 1. The van der Waals surface area contributed by atoms with E-state index >= 15 is 0 Å². The molecule has 1 aromatic carbocycles. The summed E-state index contributed by atoms with van der Waals surface area (Å²) in [6.45, 7) is 5.22. The molecule has 0 radical (unpaired) electrons. The summed E-state index contributed by atoms with van der Waals surface area (Å²) in [7, 11) is 1.68. The Hall–Kier alpha value is -1.96. The lowest BCUT2D eigenvalue weighted by molar-refractivity contribution is -0.153. The third-order valence-electron chi connectivity index (χ3n) is 4.68. The summed E-state index contributed by atoms with van der Waals surface area (Å²) in [4.78, 5) is 6.67.